The van der Waals surface area contributed by atoms with Crippen molar-refractivity contribution in [2.24, 2.45) is 17.8 Å². The molecule has 1 aliphatic carbocycles. The van der Waals surface area contributed by atoms with Crippen LogP contribution in [0.5, 0.6) is 0 Å². The Morgan fingerprint density at radius 2 is 1.77 bits per heavy atom. The van der Waals surface area contributed by atoms with E-state index >= 15 is 0 Å². The van der Waals surface area contributed by atoms with Gasteiger partial charge in [0.2, 0.25) is 29.6 Å². The first kappa shape index (κ1) is 20.6. The molecule has 2 saturated heterocycles. The maximum atomic E-state index is 13.1. The number of anilines is 2. The molecule has 1 aromatic rings. The number of aromatic nitrogens is 3. The molecule has 2 N–H and O–H groups in total. The number of hydrogen-bond donors (Lipinski definition) is 2. The number of piperidine rings is 1. The Kier molecular flexibility index (Phi) is 5.87. The lowest BCUT2D eigenvalue weighted by molar-refractivity contribution is -0.147. The van der Waals surface area contributed by atoms with Crippen LogP contribution >= 0.6 is 0 Å². The number of imide groups is 1. The van der Waals surface area contributed by atoms with Crippen LogP contribution in [0.2, 0.25) is 0 Å². The zero-order chi connectivity index (χ0) is 21.3. The van der Waals surface area contributed by atoms with Crippen LogP contribution in [0.15, 0.2) is 12.2 Å². The Balaban J connectivity index is 1.50. The van der Waals surface area contributed by atoms with Crippen molar-refractivity contribution in [2.75, 3.05) is 23.3 Å². The minimum absolute atomic E-state index is 0.140. The van der Waals surface area contributed by atoms with Gasteiger partial charge in [-0.15, -0.1) is 5.10 Å². The first-order valence-corrected chi connectivity index (χ1v) is 11.0. The van der Waals surface area contributed by atoms with E-state index in [0.29, 0.717) is 25.2 Å². The Morgan fingerprint density at radius 1 is 1.13 bits per heavy atom. The van der Waals surface area contributed by atoms with Crippen LogP contribution in [0.25, 0.3) is 0 Å². The molecule has 3 aliphatic rings. The number of likely N-dealkylation sites (tertiary alicyclic amines) is 1. The highest BCUT2D eigenvalue weighted by atomic mass is 16.2. The molecule has 0 spiro atoms. The average molecular weight is 415 g/mol. The van der Waals surface area contributed by atoms with Gasteiger partial charge in [0.05, 0.1) is 11.8 Å². The maximum Gasteiger partial charge on any atom is 0.250 e. The van der Waals surface area contributed by atoms with Crippen molar-refractivity contribution in [1.29, 1.82) is 0 Å². The van der Waals surface area contributed by atoms with E-state index in [1.54, 1.807) is 0 Å². The van der Waals surface area contributed by atoms with Gasteiger partial charge >= 0.3 is 0 Å². The highest BCUT2D eigenvalue weighted by Gasteiger charge is 2.51. The van der Waals surface area contributed by atoms with E-state index in [4.69, 9.17) is 0 Å². The van der Waals surface area contributed by atoms with E-state index in [0.717, 1.165) is 25.9 Å². The molecule has 1 aromatic heterocycles. The van der Waals surface area contributed by atoms with E-state index in [9.17, 15) is 14.4 Å². The first-order chi connectivity index (χ1) is 14.5. The van der Waals surface area contributed by atoms with Crippen LogP contribution in [-0.2, 0) is 14.4 Å². The fourth-order valence-corrected chi connectivity index (χ4v) is 4.65. The summed E-state index contributed by atoms with van der Waals surface area (Å²) in [5, 5.41) is 9.74. The number of rotatable bonds is 6. The van der Waals surface area contributed by atoms with Gasteiger partial charge in [0.1, 0.15) is 6.04 Å². The fourth-order valence-electron chi connectivity index (χ4n) is 4.65. The standard InChI is InChI=1S/C21H30N6O3/c1-13(2)12-16(27-18(29)14-8-4-5-9-15(14)19(27)30)17(28)22-20-23-21(25-24-20)26-10-6-3-7-11-26/h4-5,13-16H,3,6-12H2,1-2H3,(H2,22,23,24,25,28). The predicted octanol–water partition coefficient (Wildman–Crippen LogP) is 2.10. The molecular formula is C21H30N6O3. The SMILES string of the molecule is CC(C)CC(C(=O)Nc1nc(N2CCCCC2)n[nH]1)N1C(=O)C2CC=CCC2C1=O. The van der Waals surface area contributed by atoms with Gasteiger partial charge in [-0.1, -0.05) is 26.0 Å². The third-order valence-corrected chi connectivity index (χ3v) is 6.20. The summed E-state index contributed by atoms with van der Waals surface area (Å²) in [6.45, 7) is 5.75. The van der Waals surface area contributed by atoms with Gasteiger partial charge < -0.3 is 4.90 Å². The van der Waals surface area contributed by atoms with Crippen molar-refractivity contribution in [2.45, 2.75) is 58.4 Å². The highest BCUT2D eigenvalue weighted by Crippen LogP contribution is 2.37. The van der Waals surface area contributed by atoms with Crippen LogP contribution < -0.4 is 10.2 Å². The molecule has 162 valence electrons. The lowest BCUT2D eigenvalue weighted by Crippen LogP contribution is -2.48. The van der Waals surface area contributed by atoms with Gasteiger partial charge in [-0.05, 0) is 44.4 Å². The zero-order valence-corrected chi connectivity index (χ0v) is 17.6. The monoisotopic (exact) mass is 414 g/mol. The largest absolute Gasteiger partial charge is 0.340 e. The topological polar surface area (TPSA) is 111 Å². The molecule has 2 aliphatic heterocycles. The number of H-pyrrole nitrogens is 1. The van der Waals surface area contributed by atoms with Crippen molar-refractivity contribution in [1.82, 2.24) is 20.1 Å². The summed E-state index contributed by atoms with van der Waals surface area (Å²) in [7, 11) is 0. The smallest absolute Gasteiger partial charge is 0.250 e. The zero-order valence-electron chi connectivity index (χ0n) is 17.6. The fraction of sp³-hybridized carbons (Fsp3) is 0.667. The van der Waals surface area contributed by atoms with Gasteiger partial charge in [-0.2, -0.15) is 4.98 Å². The quantitative estimate of drug-likeness (QED) is 0.545. The van der Waals surface area contributed by atoms with Gasteiger partial charge in [0.25, 0.3) is 0 Å². The maximum absolute atomic E-state index is 13.1. The summed E-state index contributed by atoms with van der Waals surface area (Å²) < 4.78 is 0. The van der Waals surface area contributed by atoms with E-state index in [1.165, 1.54) is 11.3 Å². The van der Waals surface area contributed by atoms with E-state index in [2.05, 4.69) is 25.4 Å². The van der Waals surface area contributed by atoms with Crippen molar-refractivity contribution in [3.05, 3.63) is 12.2 Å². The first-order valence-electron chi connectivity index (χ1n) is 11.0. The Bertz CT molecular complexity index is 816. The summed E-state index contributed by atoms with van der Waals surface area (Å²) >= 11 is 0. The van der Waals surface area contributed by atoms with Crippen LogP contribution in [0, 0.1) is 17.8 Å². The molecule has 30 heavy (non-hydrogen) atoms. The number of aromatic amines is 1. The second-order valence-corrected chi connectivity index (χ2v) is 8.87. The van der Waals surface area contributed by atoms with Crippen molar-refractivity contribution >= 4 is 29.6 Å². The molecule has 3 heterocycles. The lowest BCUT2D eigenvalue weighted by atomic mass is 9.85. The number of carbonyl (C=O) groups excluding carboxylic acids is 3. The molecule has 0 aromatic carbocycles. The predicted molar refractivity (Wildman–Crippen MR) is 112 cm³/mol. The van der Waals surface area contributed by atoms with Crippen molar-refractivity contribution in [3.8, 4) is 0 Å². The third-order valence-electron chi connectivity index (χ3n) is 6.20. The van der Waals surface area contributed by atoms with Gasteiger partial charge in [-0.25, -0.2) is 5.10 Å². The second-order valence-electron chi connectivity index (χ2n) is 8.87. The molecule has 0 bridgehead atoms. The van der Waals surface area contributed by atoms with Gasteiger partial charge in [0.15, 0.2) is 0 Å². The van der Waals surface area contributed by atoms with Crippen molar-refractivity contribution < 1.29 is 14.4 Å². The number of nitrogens with one attached hydrogen (secondary N) is 2. The Labute approximate surface area is 176 Å². The molecule has 0 radical (unpaired) electrons. The number of carbonyl (C=O) groups is 3. The van der Waals surface area contributed by atoms with Crippen LogP contribution in [-0.4, -0.2) is 56.9 Å². The summed E-state index contributed by atoms with van der Waals surface area (Å²) in [4.78, 5) is 46.8. The molecule has 4 rings (SSSR count). The molecular weight excluding hydrogens is 384 g/mol. The molecule has 9 nitrogen and oxygen atoms in total. The minimum Gasteiger partial charge on any atom is -0.340 e. The molecule has 2 fully saturated rings. The summed E-state index contributed by atoms with van der Waals surface area (Å²) in [5.74, 6) is -0.618. The van der Waals surface area contributed by atoms with Crippen LogP contribution in [0.4, 0.5) is 11.9 Å². The number of nitrogens with zero attached hydrogens (tertiary/aromatic N) is 4. The molecule has 3 unspecified atom stereocenters. The summed E-state index contributed by atoms with van der Waals surface area (Å²) in [5.41, 5.74) is 0. The Hall–Kier alpha value is -2.71. The number of amides is 3. The van der Waals surface area contributed by atoms with Crippen molar-refractivity contribution in [3.63, 3.8) is 0 Å². The number of hydrogen-bond acceptors (Lipinski definition) is 6. The number of allylic oxidation sites excluding steroid dienone is 2. The second kappa shape index (κ2) is 8.57. The summed E-state index contributed by atoms with van der Waals surface area (Å²) in [6, 6.07) is -0.848. The van der Waals surface area contributed by atoms with Gasteiger partial charge in [-0.3, -0.25) is 24.6 Å². The van der Waals surface area contributed by atoms with Crippen LogP contribution in [0.3, 0.4) is 0 Å². The van der Waals surface area contributed by atoms with E-state index in [-0.39, 0.29) is 35.5 Å². The number of fused-ring (bicyclic) bond motifs is 1. The molecule has 3 atom stereocenters. The third kappa shape index (κ3) is 3.97. The minimum atomic E-state index is -0.848. The van der Waals surface area contributed by atoms with E-state index in [1.807, 2.05) is 26.0 Å². The average Bonchev–Trinajstić information content (AvgIpc) is 3.30. The molecule has 9 heteroatoms. The molecule has 0 saturated carbocycles. The highest BCUT2D eigenvalue weighted by molar-refractivity contribution is 6.10. The van der Waals surface area contributed by atoms with Gasteiger partial charge in [0, 0.05) is 13.1 Å². The lowest BCUT2D eigenvalue weighted by Gasteiger charge is -2.27. The summed E-state index contributed by atoms with van der Waals surface area (Å²) in [6.07, 6.45) is 8.83. The Morgan fingerprint density at radius 3 is 2.37 bits per heavy atom. The normalized spacial score (nSPS) is 25.0. The van der Waals surface area contributed by atoms with E-state index < -0.39 is 11.9 Å². The molecule has 3 amide bonds. The van der Waals surface area contributed by atoms with Crippen LogP contribution in [0.1, 0.15) is 52.4 Å².